The summed E-state index contributed by atoms with van der Waals surface area (Å²) in [5, 5.41) is 2.82. The van der Waals surface area contributed by atoms with Crippen LogP contribution in [0.25, 0.3) is 0 Å². The van der Waals surface area contributed by atoms with Crippen molar-refractivity contribution in [2.75, 3.05) is 32.6 Å². The molecule has 136 valence electrons. The highest BCUT2D eigenvalue weighted by atomic mass is 16.5. The predicted molar refractivity (Wildman–Crippen MR) is 98.3 cm³/mol. The Bertz CT molecular complexity index is 749. The number of carbonyl (C=O) groups excluding carboxylic acids is 2. The normalized spacial score (nSPS) is 19.4. The standard InChI is InChI=1S/C20H22N2O4/c1-25-17-12-22(13-18(17)26-2)20(24)15-8-10-16(11-9-15)21-19(23)14-6-4-3-5-7-14/h3-11,17-18H,12-13H2,1-2H3,(H,21,23)/t17-,18-/m1/s1. The minimum absolute atomic E-state index is 0.0764. The van der Waals surface area contributed by atoms with Crippen molar-refractivity contribution in [3.63, 3.8) is 0 Å². The van der Waals surface area contributed by atoms with E-state index in [9.17, 15) is 9.59 Å². The van der Waals surface area contributed by atoms with Crippen molar-refractivity contribution < 1.29 is 19.1 Å². The maximum Gasteiger partial charge on any atom is 0.255 e. The molecule has 3 rings (SSSR count). The molecule has 0 radical (unpaired) electrons. The Balaban J connectivity index is 1.64. The van der Waals surface area contributed by atoms with Crippen molar-refractivity contribution in [2.45, 2.75) is 12.2 Å². The van der Waals surface area contributed by atoms with Crippen molar-refractivity contribution in [1.29, 1.82) is 0 Å². The van der Waals surface area contributed by atoms with Gasteiger partial charge in [0.15, 0.2) is 0 Å². The predicted octanol–water partition coefficient (Wildman–Crippen LogP) is 2.42. The number of methoxy groups -OCH3 is 2. The smallest absolute Gasteiger partial charge is 0.255 e. The lowest BCUT2D eigenvalue weighted by molar-refractivity contribution is -0.00461. The number of anilines is 1. The molecule has 1 aliphatic rings. The zero-order chi connectivity index (χ0) is 18.5. The van der Waals surface area contributed by atoms with Crippen LogP contribution in [0.4, 0.5) is 5.69 Å². The highest BCUT2D eigenvalue weighted by molar-refractivity contribution is 6.04. The summed E-state index contributed by atoms with van der Waals surface area (Å²) in [7, 11) is 3.24. The third kappa shape index (κ3) is 3.92. The van der Waals surface area contributed by atoms with Gasteiger partial charge in [0.05, 0.1) is 0 Å². The van der Waals surface area contributed by atoms with Crippen LogP contribution < -0.4 is 5.32 Å². The summed E-state index contributed by atoms with van der Waals surface area (Å²) in [4.78, 5) is 26.5. The molecule has 0 spiro atoms. The maximum atomic E-state index is 12.7. The number of ether oxygens (including phenoxy) is 2. The quantitative estimate of drug-likeness (QED) is 0.895. The summed E-state index contributed by atoms with van der Waals surface area (Å²) in [5.41, 5.74) is 1.79. The summed E-state index contributed by atoms with van der Waals surface area (Å²) in [6.07, 6.45) is -0.234. The monoisotopic (exact) mass is 354 g/mol. The third-order valence-electron chi connectivity index (χ3n) is 4.53. The van der Waals surface area contributed by atoms with Gasteiger partial charge in [0, 0.05) is 44.1 Å². The molecule has 2 amide bonds. The summed E-state index contributed by atoms with van der Waals surface area (Å²) in [5.74, 6) is -0.261. The molecule has 1 fully saturated rings. The van der Waals surface area contributed by atoms with Crippen LogP contribution in [0.2, 0.25) is 0 Å². The number of rotatable bonds is 5. The first-order valence-electron chi connectivity index (χ1n) is 8.43. The van der Waals surface area contributed by atoms with Gasteiger partial charge in [0.25, 0.3) is 11.8 Å². The molecule has 26 heavy (non-hydrogen) atoms. The van der Waals surface area contributed by atoms with E-state index >= 15 is 0 Å². The van der Waals surface area contributed by atoms with Crippen molar-refractivity contribution >= 4 is 17.5 Å². The topological polar surface area (TPSA) is 67.9 Å². The van der Waals surface area contributed by atoms with E-state index in [0.717, 1.165) is 0 Å². The second-order valence-corrected chi connectivity index (χ2v) is 6.16. The number of carbonyl (C=O) groups is 2. The number of hydrogen-bond donors (Lipinski definition) is 1. The summed E-state index contributed by atoms with van der Waals surface area (Å²) in [6.45, 7) is 1.00. The van der Waals surface area contributed by atoms with E-state index in [1.54, 1.807) is 55.5 Å². The van der Waals surface area contributed by atoms with Crippen LogP contribution in [0.1, 0.15) is 20.7 Å². The van der Waals surface area contributed by atoms with E-state index in [0.29, 0.717) is 29.9 Å². The number of likely N-dealkylation sites (tertiary alicyclic amines) is 1. The largest absolute Gasteiger partial charge is 0.377 e. The van der Waals surface area contributed by atoms with Crippen LogP contribution in [0, 0.1) is 0 Å². The molecule has 6 nitrogen and oxygen atoms in total. The molecule has 1 saturated heterocycles. The molecule has 0 bridgehead atoms. The minimum atomic E-state index is -0.185. The fourth-order valence-corrected chi connectivity index (χ4v) is 3.03. The SMILES string of the molecule is CO[C@@H]1CN(C(=O)c2ccc(NC(=O)c3ccccc3)cc2)C[C@H]1OC. The summed E-state index contributed by atoms with van der Waals surface area (Å²) >= 11 is 0. The van der Waals surface area contributed by atoms with E-state index in [-0.39, 0.29) is 24.0 Å². The molecular formula is C20H22N2O4. The van der Waals surface area contributed by atoms with Crippen molar-refractivity contribution in [2.24, 2.45) is 0 Å². The van der Waals surface area contributed by atoms with Gasteiger partial charge >= 0.3 is 0 Å². The molecule has 6 heteroatoms. The lowest BCUT2D eigenvalue weighted by atomic mass is 10.1. The number of hydrogen-bond acceptors (Lipinski definition) is 4. The van der Waals surface area contributed by atoms with Crippen LogP contribution in [0.3, 0.4) is 0 Å². The average Bonchev–Trinajstić information content (AvgIpc) is 3.12. The molecule has 0 aliphatic carbocycles. The van der Waals surface area contributed by atoms with Crippen LogP contribution in [-0.4, -0.2) is 56.2 Å². The first-order chi connectivity index (χ1) is 12.6. The zero-order valence-electron chi connectivity index (χ0n) is 14.8. The zero-order valence-corrected chi connectivity index (χ0v) is 14.8. The van der Waals surface area contributed by atoms with Gasteiger partial charge in [-0.15, -0.1) is 0 Å². The second-order valence-electron chi connectivity index (χ2n) is 6.16. The average molecular weight is 354 g/mol. The second kappa shape index (κ2) is 8.12. The summed E-state index contributed by atoms with van der Waals surface area (Å²) < 4.78 is 10.7. The van der Waals surface area contributed by atoms with E-state index in [1.807, 2.05) is 18.2 Å². The van der Waals surface area contributed by atoms with Gasteiger partial charge in [-0.05, 0) is 36.4 Å². The number of nitrogens with zero attached hydrogens (tertiary/aromatic N) is 1. The van der Waals surface area contributed by atoms with Gasteiger partial charge in [0.1, 0.15) is 12.2 Å². The fourth-order valence-electron chi connectivity index (χ4n) is 3.03. The molecule has 0 aromatic heterocycles. The Labute approximate surface area is 152 Å². The highest BCUT2D eigenvalue weighted by Crippen LogP contribution is 2.19. The van der Waals surface area contributed by atoms with Crippen molar-refractivity contribution in [1.82, 2.24) is 4.90 Å². The molecule has 1 aliphatic heterocycles. The first kappa shape index (κ1) is 18.1. The molecule has 2 aromatic rings. The number of nitrogens with one attached hydrogen (secondary N) is 1. The van der Waals surface area contributed by atoms with Crippen LogP contribution >= 0.6 is 0 Å². The maximum absolute atomic E-state index is 12.7. The van der Waals surface area contributed by atoms with Gasteiger partial charge in [0.2, 0.25) is 0 Å². The van der Waals surface area contributed by atoms with Gasteiger partial charge < -0.3 is 19.7 Å². The molecular weight excluding hydrogens is 332 g/mol. The van der Waals surface area contributed by atoms with E-state index in [2.05, 4.69) is 5.32 Å². The van der Waals surface area contributed by atoms with E-state index < -0.39 is 0 Å². The van der Waals surface area contributed by atoms with E-state index in [1.165, 1.54) is 0 Å². The minimum Gasteiger partial charge on any atom is -0.377 e. The summed E-state index contributed by atoms with van der Waals surface area (Å²) in [6, 6.07) is 15.9. The van der Waals surface area contributed by atoms with Crippen LogP contribution in [0.5, 0.6) is 0 Å². The van der Waals surface area contributed by atoms with Gasteiger partial charge in [-0.2, -0.15) is 0 Å². The van der Waals surface area contributed by atoms with Crippen molar-refractivity contribution in [3.05, 3.63) is 65.7 Å². The number of amides is 2. The first-order valence-corrected chi connectivity index (χ1v) is 8.43. The molecule has 1 heterocycles. The highest BCUT2D eigenvalue weighted by Gasteiger charge is 2.35. The Morgan fingerprint density at radius 3 is 2.00 bits per heavy atom. The lowest BCUT2D eigenvalue weighted by Crippen LogP contribution is -2.30. The van der Waals surface area contributed by atoms with Crippen LogP contribution in [-0.2, 0) is 9.47 Å². The molecule has 0 saturated carbocycles. The lowest BCUT2D eigenvalue weighted by Gasteiger charge is -2.16. The van der Waals surface area contributed by atoms with Gasteiger partial charge in [-0.3, -0.25) is 9.59 Å². The van der Waals surface area contributed by atoms with Crippen LogP contribution in [0.15, 0.2) is 54.6 Å². The third-order valence-corrected chi connectivity index (χ3v) is 4.53. The number of benzene rings is 2. The van der Waals surface area contributed by atoms with Crippen molar-refractivity contribution in [3.8, 4) is 0 Å². The fraction of sp³-hybridized carbons (Fsp3) is 0.300. The Morgan fingerprint density at radius 2 is 1.46 bits per heavy atom. The molecule has 2 atom stereocenters. The molecule has 1 N–H and O–H groups in total. The molecule has 0 unspecified atom stereocenters. The van der Waals surface area contributed by atoms with Gasteiger partial charge in [-0.25, -0.2) is 0 Å². The molecule has 2 aromatic carbocycles. The Hall–Kier alpha value is -2.70. The van der Waals surface area contributed by atoms with E-state index in [4.69, 9.17) is 9.47 Å². The Morgan fingerprint density at radius 1 is 0.885 bits per heavy atom. The Kier molecular flexibility index (Phi) is 5.65. The van der Waals surface area contributed by atoms with Gasteiger partial charge in [-0.1, -0.05) is 18.2 Å².